The molecule has 0 aromatic heterocycles. The number of benzene rings is 1. The van der Waals surface area contributed by atoms with Crippen molar-refractivity contribution in [2.45, 2.75) is 25.3 Å². The van der Waals surface area contributed by atoms with E-state index in [9.17, 15) is 4.79 Å². The number of hydrogen-bond donors (Lipinski definition) is 1. The minimum absolute atomic E-state index is 0.0969. The molecule has 1 aromatic carbocycles. The molecule has 1 amide bonds. The first-order valence-corrected chi connectivity index (χ1v) is 8.02. The zero-order valence-electron chi connectivity index (χ0n) is 11.5. The Morgan fingerprint density at radius 2 is 1.95 bits per heavy atom. The highest BCUT2D eigenvalue weighted by molar-refractivity contribution is 9.10. The number of anilines is 1. The third-order valence-corrected chi connectivity index (χ3v) is 4.73. The summed E-state index contributed by atoms with van der Waals surface area (Å²) >= 11 is 3.40. The predicted octanol–water partition coefficient (Wildman–Crippen LogP) is 2.34. The summed E-state index contributed by atoms with van der Waals surface area (Å²) in [4.78, 5) is 17.0. The van der Waals surface area contributed by atoms with Crippen molar-refractivity contribution in [2.75, 3.05) is 31.9 Å². The van der Waals surface area contributed by atoms with E-state index >= 15 is 0 Å². The van der Waals surface area contributed by atoms with Crippen LogP contribution in [0.3, 0.4) is 0 Å². The fourth-order valence-electron chi connectivity index (χ4n) is 3.25. The predicted molar refractivity (Wildman–Crippen MR) is 83.7 cm³/mol. The molecule has 2 saturated heterocycles. The summed E-state index contributed by atoms with van der Waals surface area (Å²) in [5, 5.41) is 0. The van der Waals surface area contributed by atoms with Crippen LogP contribution in [0.5, 0.6) is 0 Å². The molecule has 2 aliphatic rings. The lowest BCUT2D eigenvalue weighted by atomic mass is 10.2. The Bertz CT molecular complexity index is 494. The SMILES string of the molecule is Nc1cc(Br)cc(C(=O)N2CCC(N3CCCC3)C2)c1. The molecule has 0 radical (unpaired) electrons. The number of rotatable bonds is 2. The summed E-state index contributed by atoms with van der Waals surface area (Å²) in [7, 11) is 0. The van der Waals surface area contributed by atoms with Crippen LogP contribution >= 0.6 is 15.9 Å². The molecule has 2 heterocycles. The van der Waals surface area contributed by atoms with Gasteiger partial charge in [-0.2, -0.15) is 0 Å². The zero-order chi connectivity index (χ0) is 14.1. The third kappa shape index (κ3) is 2.83. The van der Waals surface area contributed by atoms with Gasteiger partial charge in [0.1, 0.15) is 0 Å². The highest BCUT2D eigenvalue weighted by Gasteiger charge is 2.31. The number of nitrogens with two attached hydrogens (primary N) is 1. The molecule has 1 atom stereocenters. The number of halogens is 1. The van der Waals surface area contributed by atoms with Crippen molar-refractivity contribution < 1.29 is 4.79 Å². The Labute approximate surface area is 128 Å². The molecule has 108 valence electrons. The first-order valence-electron chi connectivity index (χ1n) is 7.23. The van der Waals surface area contributed by atoms with Gasteiger partial charge in [-0.05, 0) is 50.6 Å². The quantitative estimate of drug-likeness (QED) is 0.842. The Morgan fingerprint density at radius 1 is 1.20 bits per heavy atom. The van der Waals surface area contributed by atoms with Gasteiger partial charge in [0.2, 0.25) is 0 Å². The number of carbonyl (C=O) groups is 1. The van der Waals surface area contributed by atoms with Gasteiger partial charge in [0.25, 0.3) is 5.91 Å². The van der Waals surface area contributed by atoms with Crippen molar-refractivity contribution in [3.63, 3.8) is 0 Å². The van der Waals surface area contributed by atoms with Crippen molar-refractivity contribution in [1.82, 2.24) is 9.80 Å². The molecular weight excluding hydrogens is 318 g/mol. The molecule has 0 bridgehead atoms. The Kier molecular flexibility index (Phi) is 3.98. The van der Waals surface area contributed by atoms with Crippen molar-refractivity contribution >= 4 is 27.5 Å². The van der Waals surface area contributed by atoms with E-state index in [1.165, 1.54) is 25.9 Å². The average molecular weight is 338 g/mol. The molecule has 0 saturated carbocycles. The van der Waals surface area contributed by atoms with Crippen LogP contribution in [0.15, 0.2) is 22.7 Å². The molecule has 20 heavy (non-hydrogen) atoms. The van der Waals surface area contributed by atoms with E-state index in [0.29, 0.717) is 17.3 Å². The van der Waals surface area contributed by atoms with Crippen LogP contribution in [0.2, 0.25) is 0 Å². The third-order valence-electron chi connectivity index (χ3n) is 4.27. The molecule has 3 rings (SSSR count). The molecule has 2 aliphatic heterocycles. The fourth-order valence-corrected chi connectivity index (χ4v) is 3.76. The fraction of sp³-hybridized carbons (Fsp3) is 0.533. The molecule has 1 aromatic rings. The molecular formula is C15H20BrN3O. The number of carbonyl (C=O) groups excluding carboxylic acids is 1. The number of amides is 1. The molecule has 0 aliphatic carbocycles. The molecule has 2 fully saturated rings. The summed E-state index contributed by atoms with van der Waals surface area (Å²) < 4.78 is 0.858. The summed E-state index contributed by atoms with van der Waals surface area (Å²) in [6.45, 7) is 4.09. The minimum Gasteiger partial charge on any atom is -0.399 e. The zero-order valence-corrected chi connectivity index (χ0v) is 13.1. The first-order chi connectivity index (χ1) is 9.63. The van der Waals surface area contributed by atoms with Gasteiger partial charge in [-0.15, -0.1) is 0 Å². The smallest absolute Gasteiger partial charge is 0.254 e. The lowest BCUT2D eigenvalue weighted by Crippen LogP contribution is -2.37. The van der Waals surface area contributed by atoms with E-state index < -0.39 is 0 Å². The minimum atomic E-state index is 0.0969. The van der Waals surface area contributed by atoms with Crippen molar-refractivity contribution in [3.05, 3.63) is 28.2 Å². The van der Waals surface area contributed by atoms with Gasteiger partial charge in [0.05, 0.1) is 0 Å². The maximum atomic E-state index is 12.5. The van der Waals surface area contributed by atoms with E-state index in [-0.39, 0.29) is 5.91 Å². The Balaban J connectivity index is 1.68. The highest BCUT2D eigenvalue weighted by Crippen LogP contribution is 2.24. The standard InChI is InChI=1S/C15H20BrN3O/c16-12-7-11(8-13(17)9-12)15(20)19-6-3-14(10-19)18-4-1-2-5-18/h7-9,14H,1-6,10,17H2. The Morgan fingerprint density at radius 3 is 2.65 bits per heavy atom. The maximum Gasteiger partial charge on any atom is 0.254 e. The lowest BCUT2D eigenvalue weighted by Gasteiger charge is -2.23. The van der Waals surface area contributed by atoms with Gasteiger partial charge in [0, 0.05) is 34.9 Å². The molecule has 0 spiro atoms. The summed E-state index contributed by atoms with van der Waals surface area (Å²) in [6, 6.07) is 5.97. The topological polar surface area (TPSA) is 49.6 Å². The number of hydrogen-bond acceptors (Lipinski definition) is 3. The van der Waals surface area contributed by atoms with E-state index in [1.807, 2.05) is 17.0 Å². The number of nitrogens with zero attached hydrogens (tertiary/aromatic N) is 2. The van der Waals surface area contributed by atoms with Gasteiger partial charge in [0.15, 0.2) is 0 Å². The van der Waals surface area contributed by atoms with Crippen LogP contribution in [0.1, 0.15) is 29.6 Å². The summed E-state index contributed by atoms with van der Waals surface area (Å²) in [6.07, 6.45) is 3.69. The summed E-state index contributed by atoms with van der Waals surface area (Å²) in [5.74, 6) is 0.0969. The average Bonchev–Trinajstić information content (AvgIpc) is 3.07. The maximum absolute atomic E-state index is 12.5. The second-order valence-corrected chi connectivity index (χ2v) is 6.63. The molecule has 2 N–H and O–H groups in total. The summed E-state index contributed by atoms with van der Waals surface area (Å²) in [5.41, 5.74) is 7.12. The van der Waals surface area contributed by atoms with Gasteiger partial charge in [-0.25, -0.2) is 0 Å². The van der Waals surface area contributed by atoms with Crippen molar-refractivity contribution in [3.8, 4) is 0 Å². The van der Waals surface area contributed by atoms with E-state index in [0.717, 1.165) is 24.0 Å². The Hall–Kier alpha value is -1.07. The van der Waals surface area contributed by atoms with Crippen LogP contribution in [0, 0.1) is 0 Å². The molecule has 4 nitrogen and oxygen atoms in total. The van der Waals surface area contributed by atoms with Gasteiger partial charge >= 0.3 is 0 Å². The second kappa shape index (κ2) is 5.74. The largest absolute Gasteiger partial charge is 0.399 e. The van der Waals surface area contributed by atoms with Crippen LogP contribution in [0.4, 0.5) is 5.69 Å². The van der Waals surface area contributed by atoms with Crippen LogP contribution in [-0.4, -0.2) is 47.9 Å². The first kappa shape index (κ1) is 13.9. The van der Waals surface area contributed by atoms with Gasteiger partial charge in [-0.3, -0.25) is 9.69 Å². The van der Waals surface area contributed by atoms with E-state index in [1.54, 1.807) is 6.07 Å². The van der Waals surface area contributed by atoms with Crippen molar-refractivity contribution in [2.24, 2.45) is 0 Å². The van der Waals surface area contributed by atoms with Crippen LogP contribution < -0.4 is 5.73 Å². The lowest BCUT2D eigenvalue weighted by molar-refractivity contribution is 0.0780. The second-order valence-electron chi connectivity index (χ2n) is 5.71. The normalized spacial score (nSPS) is 23.4. The van der Waals surface area contributed by atoms with Gasteiger partial charge in [-0.1, -0.05) is 15.9 Å². The molecule has 1 unspecified atom stereocenters. The number of nitrogen functional groups attached to an aromatic ring is 1. The highest BCUT2D eigenvalue weighted by atomic mass is 79.9. The van der Waals surface area contributed by atoms with Crippen LogP contribution in [0.25, 0.3) is 0 Å². The van der Waals surface area contributed by atoms with Crippen LogP contribution in [-0.2, 0) is 0 Å². The monoisotopic (exact) mass is 337 g/mol. The van der Waals surface area contributed by atoms with Crippen molar-refractivity contribution in [1.29, 1.82) is 0 Å². The number of likely N-dealkylation sites (tertiary alicyclic amines) is 2. The van der Waals surface area contributed by atoms with Gasteiger partial charge < -0.3 is 10.6 Å². The molecule has 5 heteroatoms. The van der Waals surface area contributed by atoms with E-state index in [2.05, 4.69) is 20.8 Å². The van der Waals surface area contributed by atoms with E-state index in [4.69, 9.17) is 5.73 Å².